The van der Waals surface area contributed by atoms with Crippen molar-refractivity contribution in [2.24, 2.45) is 0 Å². The van der Waals surface area contributed by atoms with Crippen molar-refractivity contribution < 1.29 is 48.7 Å². The highest BCUT2D eigenvalue weighted by Gasteiger charge is 2.41. The van der Waals surface area contributed by atoms with Crippen molar-refractivity contribution >= 4 is 5.91 Å². The van der Waals surface area contributed by atoms with E-state index in [-0.39, 0.29) is 0 Å². The van der Waals surface area contributed by atoms with Crippen molar-refractivity contribution in [1.29, 1.82) is 0 Å². The summed E-state index contributed by atoms with van der Waals surface area (Å²) in [5.74, 6) is -10.8. The van der Waals surface area contributed by atoms with Gasteiger partial charge in [0, 0.05) is 0 Å². The third kappa shape index (κ3) is 2.49. The summed E-state index contributed by atoms with van der Waals surface area (Å²) in [5, 5.41) is 55.3. The van der Waals surface area contributed by atoms with Crippen LogP contribution in [0.5, 0.6) is 0 Å². The smallest absolute Gasteiger partial charge is 0.471 e. The third-order valence-electron chi connectivity index (χ3n) is 2.02. The van der Waals surface area contributed by atoms with Crippen LogP contribution in [0.15, 0.2) is 34.7 Å². The zero-order valence-electron chi connectivity index (χ0n) is 9.17. The zero-order valence-corrected chi connectivity index (χ0v) is 9.17. The van der Waals surface area contributed by atoms with Crippen LogP contribution in [0, 0.1) is 0 Å². The highest BCUT2D eigenvalue weighted by atomic mass is 19.4. The first-order valence-corrected chi connectivity index (χ1v) is 4.54. The molecule has 0 fully saturated rings. The Morgan fingerprint density at radius 2 is 1.40 bits per heavy atom. The lowest BCUT2D eigenvalue weighted by molar-refractivity contribution is -0.172. The summed E-state index contributed by atoms with van der Waals surface area (Å²) in [4.78, 5) is 10.7. The molecular formula is C8H7F3N2O7. The maximum Gasteiger partial charge on any atom is 0.471 e. The number of hydrogen-bond donors (Lipinski definition) is 7. The third-order valence-corrected chi connectivity index (χ3v) is 2.02. The van der Waals surface area contributed by atoms with Crippen molar-refractivity contribution in [3.8, 4) is 0 Å². The van der Waals surface area contributed by atoms with Gasteiger partial charge in [-0.15, -0.1) is 0 Å². The van der Waals surface area contributed by atoms with Gasteiger partial charge in [0.2, 0.25) is 11.5 Å². The normalized spacial score (nSPS) is 17.5. The first kappa shape index (κ1) is 15.3. The molecule has 1 aliphatic heterocycles. The number of aliphatic hydroxyl groups excluding tert-OH is 5. The van der Waals surface area contributed by atoms with Crippen molar-refractivity contribution in [1.82, 2.24) is 10.4 Å². The molecule has 9 nitrogen and oxygen atoms in total. The molecule has 112 valence electrons. The van der Waals surface area contributed by atoms with Gasteiger partial charge in [-0.1, -0.05) is 0 Å². The first-order valence-electron chi connectivity index (χ1n) is 4.54. The number of nitrogens with zero attached hydrogens (tertiary/aromatic N) is 1. The number of alkyl halides is 3. The Kier molecular flexibility index (Phi) is 3.62. The second-order valence-corrected chi connectivity index (χ2v) is 3.33. The Balaban J connectivity index is 3.38. The fourth-order valence-corrected chi connectivity index (χ4v) is 1.05. The van der Waals surface area contributed by atoms with Gasteiger partial charge < -0.3 is 30.8 Å². The SMILES string of the molecule is O=C(NC1=C(O)C(O)=C(O)N(O)C(O)=C1O)C(F)(F)F. The molecular weight excluding hydrogens is 293 g/mol. The number of carbonyl (C=O) groups excluding carboxylic acids is 1. The fraction of sp³-hybridized carbons (Fsp3) is 0.125. The predicted molar refractivity (Wildman–Crippen MR) is 52.0 cm³/mol. The van der Waals surface area contributed by atoms with Gasteiger partial charge in [0.25, 0.3) is 11.8 Å². The van der Waals surface area contributed by atoms with Gasteiger partial charge in [-0.25, -0.2) is 0 Å². The van der Waals surface area contributed by atoms with E-state index in [0.29, 0.717) is 0 Å². The minimum Gasteiger partial charge on any atom is -0.503 e. The van der Waals surface area contributed by atoms with E-state index < -0.39 is 51.9 Å². The lowest BCUT2D eigenvalue weighted by atomic mass is 10.2. The van der Waals surface area contributed by atoms with E-state index >= 15 is 0 Å². The quantitative estimate of drug-likeness (QED) is 0.373. The van der Waals surface area contributed by atoms with Gasteiger partial charge in [0.15, 0.2) is 5.76 Å². The van der Waals surface area contributed by atoms with E-state index in [2.05, 4.69) is 0 Å². The van der Waals surface area contributed by atoms with Gasteiger partial charge in [-0.2, -0.15) is 18.2 Å². The van der Waals surface area contributed by atoms with Crippen LogP contribution in [0.2, 0.25) is 0 Å². The second-order valence-electron chi connectivity index (χ2n) is 3.33. The molecule has 1 aliphatic rings. The van der Waals surface area contributed by atoms with Crippen LogP contribution in [-0.4, -0.2) is 47.9 Å². The minimum absolute atomic E-state index is 0.645. The van der Waals surface area contributed by atoms with Crippen LogP contribution in [0.1, 0.15) is 0 Å². The molecule has 0 saturated carbocycles. The molecule has 0 aromatic carbocycles. The number of halogens is 3. The van der Waals surface area contributed by atoms with E-state index in [1.807, 2.05) is 0 Å². The number of amides is 1. The summed E-state index contributed by atoms with van der Waals surface area (Å²) in [6.45, 7) is 0. The largest absolute Gasteiger partial charge is 0.503 e. The first-order chi connectivity index (χ1) is 8.98. The van der Waals surface area contributed by atoms with E-state index in [1.165, 1.54) is 0 Å². The molecule has 0 spiro atoms. The number of hydroxylamine groups is 2. The Labute approximate surface area is 107 Å². The maximum atomic E-state index is 12.0. The molecule has 1 amide bonds. The van der Waals surface area contributed by atoms with Crippen LogP contribution >= 0.6 is 0 Å². The Morgan fingerprint density at radius 3 is 1.85 bits per heavy atom. The number of aliphatic hydroxyl groups is 5. The van der Waals surface area contributed by atoms with Crippen LogP contribution in [0.25, 0.3) is 0 Å². The summed E-state index contributed by atoms with van der Waals surface area (Å²) in [5.41, 5.74) is -1.48. The van der Waals surface area contributed by atoms with Gasteiger partial charge in [-0.05, 0) is 0 Å². The van der Waals surface area contributed by atoms with Crippen molar-refractivity contribution in [3.63, 3.8) is 0 Å². The molecule has 0 aromatic rings. The van der Waals surface area contributed by atoms with Crippen LogP contribution in [0.3, 0.4) is 0 Å². The molecule has 12 heteroatoms. The van der Waals surface area contributed by atoms with E-state index in [4.69, 9.17) is 20.5 Å². The lowest BCUT2D eigenvalue weighted by Crippen LogP contribution is -2.37. The van der Waals surface area contributed by atoms with E-state index in [0.717, 1.165) is 5.32 Å². The van der Waals surface area contributed by atoms with Crippen molar-refractivity contribution in [2.45, 2.75) is 6.18 Å². The average molecular weight is 300 g/mol. The molecule has 0 saturated heterocycles. The summed E-state index contributed by atoms with van der Waals surface area (Å²) < 4.78 is 36.1. The Hall–Kier alpha value is -2.76. The molecule has 20 heavy (non-hydrogen) atoms. The number of nitrogens with one attached hydrogen (secondary N) is 1. The molecule has 7 N–H and O–H groups in total. The monoisotopic (exact) mass is 300 g/mol. The highest BCUT2D eigenvalue weighted by molar-refractivity contribution is 5.84. The van der Waals surface area contributed by atoms with Crippen molar-refractivity contribution in [3.05, 3.63) is 34.7 Å². The van der Waals surface area contributed by atoms with Gasteiger partial charge in [-0.3, -0.25) is 10.0 Å². The molecule has 0 bridgehead atoms. The predicted octanol–water partition coefficient (Wildman–Crippen LogP) is 0.710. The molecule has 1 rings (SSSR count). The molecule has 0 atom stereocenters. The second kappa shape index (κ2) is 4.73. The van der Waals surface area contributed by atoms with Crippen LogP contribution in [0.4, 0.5) is 13.2 Å². The summed E-state index contributed by atoms with van der Waals surface area (Å²) >= 11 is 0. The van der Waals surface area contributed by atoms with Crippen LogP contribution < -0.4 is 5.32 Å². The zero-order chi connectivity index (χ0) is 15.8. The average Bonchev–Trinajstić information content (AvgIpc) is 2.41. The minimum atomic E-state index is -5.41. The number of rotatable bonds is 1. The summed E-state index contributed by atoms with van der Waals surface area (Å²) in [7, 11) is 0. The van der Waals surface area contributed by atoms with Gasteiger partial charge >= 0.3 is 12.1 Å². The number of hydrogen-bond acceptors (Lipinski definition) is 8. The molecule has 0 aliphatic carbocycles. The van der Waals surface area contributed by atoms with Gasteiger partial charge in [0.1, 0.15) is 5.70 Å². The lowest BCUT2D eigenvalue weighted by Gasteiger charge is -2.14. The summed E-state index contributed by atoms with van der Waals surface area (Å²) in [6, 6.07) is 0. The Morgan fingerprint density at radius 1 is 0.950 bits per heavy atom. The van der Waals surface area contributed by atoms with Gasteiger partial charge in [0.05, 0.1) is 0 Å². The topological polar surface area (TPSA) is 154 Å². The molecule has 1 heterocycles. The fourth-order valence-electron chi connectivity index (χ4n) is 1.05. The molecule has 0 aromatic heterocycles. The van der Waals surface area contributed by atoms with E-state index in [1.54, 1.807) is 0 Å². The van der Waals surface area contributed by atoms with Crippen molar-refractivity contribution in [2.75, 3.05) is 0 Å². The maximum absolute atomic E-state index is 12.0. The Bertz CT molecular complexity index is 549. The standard InChI is InChI=1S/C8H7F3N2O7/c9-8(10,11)7(19)12-1-2(14)4(16)6(18)13(20)5(17)3(1)15/h14-18,20H,(H,12,19). The van der Waals surface area contributed by atoms with E-state index in [9.17, 15) is 28.2 Å². The highest BCUT2D eigenvalue weighted by Crippen LogP contribution is 2.26. The molecule has 0 radical (unpaired) electrons. The summed E-state index contributed by atoms with van der Waals surface area (Å²) in [6.07, 6.45) is -5.41. The molecule has 0 unspecified atom stereocenters. The number of carbonyl (C=O) groups is 1. The van der Waals surface area contributed by atoms with Crippen LogP contribution in [-0.2, 0) is 4.79 Å².